The Hall–Kier alpha value is -2.74. The van der Waals surface area contributed by atoms with E-state index in [0.29, 0.717) is 6.61 Å². The van der Waals surface area contributed by atoms with E-state index in [1.807, 2.05) is 18.2 Å². The normalized spacial score (nSPS) is 20.0. The van der Waals surface area contributed by atoms with Crippen LogP contribution in [0.4, 0.5) is 0 Å². The summed E-state index contributed by atoms with van der Waals surface area (Å²) in [5, 5.41) is 0. The quantitative estimate of drug-likeness (QED) is 0.649. The van der Waals surface area contributed by atoms with Gasteiger partial charge in [-0.3, -0.25) is 0 Å². The molecular formula is C23H21NO. The highest BCUT2D eigenvalue weighted by atomic mass is 16.5. The van der Waals surface area contributed by atoms with Crippen molar-refractivity contribution in [1.82, 2.24) is 4.57 Å². The first kappa shape index (κ1) is 14.6. The van der Waals surface area contributed by atoms with Crippen LogP contribution in [0.5, 0.6) is 5.75 Å². The van der Waals surface area contributed by atoms with Gasteiger partial charge in [0.15, 0.2) is 0 Å². The number of benzene rings is 2. The largest absolute Gasteiger partial charge is 0.489 e. The van der Waals surface area contributed by atoms with Crippen molar-refractivity contribution in [1.29, 1.82) is 0 Å². The van der Waals surface area contributed by atoms with Gasteiger partial charge in [0, 0.05) is 23.9 Å². The average Bonchev–Trinajstić information content (AvgIpc) is 3.05. The molecule has 1 aromatic heterocycles. The lowest BCUT2D eigenvalue weighted by Crippen LogP contribution is -2.34. The Labute approximate surface area is 148 Å². The van der Waals surface area contributed by atoms with E-state index >= 15 is 0 Å². The molecule has 0 bridgehead atoms. The fourth-order valence-electron chi connectivity index (χ4n) is 4.40. The zero-order chi connectivity index (χ0) is 16.9. The zero-order valence-electron chi connectivity index (χ0n) is 14.4. The fraction of sp³-hybridized carbons (Fsp3) is 0.217. The Morgan fingerprint density at radius 1 is 1.08 bits per heavy atom. The molecule has 25 heavy (non-hydrogen) atoms. The lowest BCUT2D eigenvalue weighted by Gasteiger charge is -2.39. The molecule has 0 saturated heterocycles. The van der Waals surface area contributed by atoms with Crippen molar-refractivity contribution in [3.63, 3.8) is 0 Å². The van der Waals surface area contributed by atoms with Gasteiger partial charge in [0.25, 0.3) is 0 Å². The van der Waals surface area contributed by atoms with Gasteiger partial charge in [0.05, 0.1) is 0 Å². The summed E-state index contributed by atoms with van der Waals surface area (Å²) in [4.78, 5) is 0. The Morgan fingerprint density at radius 2 is 1.96 bits per heavy atom. The number of ether oxygens (including phenoxy) is 1. The van der Waals surface area contributed by atoms with Crippen molar-refractivity contribution in [3.8, 4) is 5.75 Å². The minimum Gasteiger partial charge on any atom is -0.489 e. The molecule has 0 amide bonds. The van der Waals surface area contributed by atoms with Crippen molar-refractivity contribution in [2.45, 2.75) is 31.9 Å². The number of rotatable bonds is 3. The summed E-state index contributed by atoms with van der Waals surface area (Å²) in [5.41, 5.74) is 6.90. The topological polar surface area (TPSA) is 14.2 Å². The maximum atomic E-state index is 6.04. The minimum atomic E-state index is 0.0686. The van der Waals surface area contributed by atoms with Gasteiger partial charge in [-0.2, -0.15) is 0 Å². The summed E-state index contributed by atoms with van der Waals surface area (Å²) in [6, 6.07) is 19.2. The first-order valence-electron chi connectivity index (χ1n) is 8.90. The molecule has 0 N–H and O–H groups in total. The lowest BCUT2D eigenvalue weighted by molar-refractivity contribution is 0.305. The number of aromatic nitrogens is 1. The molecule has 0 saturated carbocycles. The van der Waals surface area contributed by atoms with Crippen LogP contribution in [0, 0.1) is 0 Å². The summed E-state index contributed by atoms with van der Waals surface area (Å²) < 4.78 is 8.45. The van der Waals surface area contributed by atoms with Crippen molar-refractivity contribution in [3.05, 3.63) is 94.8 Å². The predicted octanol–water partition coefficient (Wildman–Crippen LogP) is 5.15. The Balaban J connectivity index is 1.48. The average molecular weight is 327 g/mol. The molecule has 0 spiro atoms. The van der Waals surface area contributed by atoms with Gasteiger partial charge in [-0.25, -0.2) is 0 Å². The van der Waals surface area contributed by atoms with E-state index in [9.17, 15) is 0 Å². The SMILES string of the molecule is C[C@]12CC=Cc3ccn(c31)Cc1cc(OCc3ccccc3)ccc12. The third-order valence-corrected chi connectivity index (χ3v) is 5.60. The van der Waals surface area contributed by atoms with Crippen LogP contribution in [-0.2, 0) is 18.6 Å². The lowest BCUT2D eigenvalue weighted by atomic mass is 9.69. The molecule has 5 rings (SSSR count). The van der Waals surface area contributed by atoms with Crippen LogP contribution in [0.25, 0.3) is 6.08 Å². The van der Waals surface area contributed by atoms with Crippen LogP contribution >= 0.6 is 0 Å². The van der Waals surface area contributed by atoms with Crippen LogP contribution in [0.1, 0.15) is 41.3 Å². The molecule has 2 heterocycles. The van der Waals surface area contributed by atoms with Crippen molar-refractivity contribution >= 4 is 6.08 Å². The second-order valence-electron chi connectivity index (χ2n) is 7.28. The molecule has 0 radical (unpaired) electrons. The minimum absolute atomic E-state index is 0.0686. The summed E-state index contributed by atoms with van der Waals surface area (Å²) in [6.07, 6.45) is 7.84. The number of hydrogen-bond donors (Lipinski definition) is 0. The van der Waals surface area contributed by atoms with Crippen molar-refractivity contribution in [2.24, 2.45) is 0 Å². The van der Waals surface area contributed by atoms with E-state index in [0.717, 1.165) is 18.7 Å². The molecule has 2 nitrogen and oxygen atoms in total. The predicted molar refractivity (Wildman–Crippen MR) is 101 cm³/mol. The highest BCUT2D eigenvalue weighted by Gasteiger charge is 2.39. The van der Waals surface area contributed by atoms with E-state index in [2.05, 4.69) is 66.2 Å². The zero-order valence-corrected chi connectivity index (χ0v) is 14.4. The molecule has 124 valence electrons. The molecular weight excluding hydrogens is 306 g/mol. The molecule has 1 atom stereocenters. The third kappa shape index (κ3) is 2.25. The van der Waals surface area contributed by atoms with Crippen LogP contribution < -0.4 is 4.74 Å². The molecule has 0 unspecified atom stereocenters. The van der Waals surface area contributed by atoms with E-state index in [1.54, 1.807) is 0 Å². The van der Waals surface area contributed by atoms with Crippen molar-refractivity contribution < 1.29 is 4.74 Å². The highest BCUT2D eigenvalue weighted by molar-refractivity contribution is 5.63. The second-order valence-corrected chi connectivity index (χ2v) is 7.28. The number of hydrogen-bond acceptors (Lipinski definition) is 1. The summed E-state index contributed by atoms with van der Waals surface area (Å²) in [5.74, 6) is 0.952. The standard InChI is InChI=1S/C23H21NO/c1-23-12-5-8-18-11-13-24(22(18)23)15-19-14-20(9-10-21(19)23)25-16-17-6-3-2-4-7-17/h2-11,13-14H,12,15-16H2,1H3/t23-/m1/s1. The van der Waals surface area contributed by atoms with E-state index in [4.69, 9.17) is 4.74 Å². The summed E-state index contributed by atoms with van der Waals surface area (Å²) >= 11 is 0. The number of allylic oxidation sites excluding steroid dienone is 1. The van der Waals surface area contributed by atoms with Gasteiger partial charge < -0.3 is 9.30 Å². The second kappa shape index (κ2) is 5.38. The van der Waals surface area contributed by atoms with Gasteiger partial charge in [0.2, 0.25) is 0 Å². The maximum absolute atomic E-state index is 6.04. The Bertz CT molecular complexity index is 967. The number of fused-ring (bicyclic) bond motifs is 2. The molecule has 2 aromatic carbocycles. The molecule has 2 aliphatic rings. The fourth-order valence-corrected chi connectivity index (χ4v) is 4.40. The molecule has 2 heteroatoms. The smallest absolute Gasteiger partial charge is 0.120 e. The van der Waals surface area contributed by atoms with Gasteiger partial charge in [-0.15, -0.1) is 0 Å². The van der Waals surface area contributed by atoms with Crippen LogP contribution in [0.15, 0.2) is 66.9 Å². The monoisotopic (exact) mass is 327 g/mol. The molecule has 0 fully saturated rings. The molecule has 3 aromatic rings. The maximum Gasteiger partial charge on any atom is 0.120 e. The van der Waals surface area contributed by atoms with E-state index in [-0.39, 0.29) is 5.41 Å². The first-order valence-corrected chi connectivity index (χ1v) is 8.90. The van der Waals surface area contributed by atoms with Crippen molar-refractivity contribution in [2.75, 3.05) is 0 Å². The van der Waals surface area contributed by atoms with Crippen LogP contribution in [-0.4, -0.2) is 4.57 Å². The van der Waals surface area contributed by atoms with Gasteiger partial charge in [-0.1, -0.05) is 48.6 Å². The van der Waals surface area contributed by atoms with E-state index in [1.165, 1.54) is 27.9 Å². The molecule has 1 aliphatic carbocycles. The number of nitrogens with zero attached hydrogens (tertiary/aromatic N) is 1. The third-order valence-electron chi connectivity index (χ3n) is 5.60. The highest BCUT2D eigenvalue weighted by Crippen LogP contribution is 2.46. The molecule has 1 aliphatic heterocycles. The Morgan fingerprint density at radius 3 is 2.84 bits per heavy atom. The Kier molecular flexibility index (Phi) is 3.14. The van der Waals surface area contributed by atoms with Gasteiger partial charge >= 0.3 is 0 Å². The van der Waals surface area contributed by atoms with E-state index < -0.39 is 0 Å². The summed E-state index contributed by atoms with van der Waals surface area (Å²) in [7, 11) is 0. The summed E-state index contributed by atoms with van der Waals surface area (Å²) in [6.45, 7) is 3.91. The van der Waals surface area contributed by atoms with Gasteiger partial charge in [-0.05, 0) is 53.8 Å². The van der Waals surface area contributed by atoms with Crippen LogP contribution in [0.2, 0.25) is 0 Å². The first-order chi connectivity index (χ1) is 12.2. The van der Waals surface area contributed by atoms with Crippen LogP contribution in [0.3, 0.4) is 0 Å². The van der Waals surface area contributed by atoms with Gasteiger partial charge in [0.1, 0.15) is 12.4 Å².